The lowest BCUT2D eigenvalue weighted by Gasteiger charge is -2.04. The molecule has 0 radical (unpaired) electrons. The molecule has 0 aromatic carbocycles. The van der Waals surface area contributed by atoms with Crippen molar-refractivity contribution < 1.29 is 9.90 Å². The molecule has 0 aliphatic heterocycles. The van der Waals surface area contributed by atoms with Gasteiger partial charge in [-0.05, 0) is 26.7 Å². The third-order valence-electron chi connectivity index (χ3n) is 2.63. The summed E-state index contributed by atoms with van der Waals surface area (Å²) in [5.74, 6) is -0.704. The molecule has 1 rings (SSSR count). The second kappa shape index (κ2) is 5.53. The molecule has 4 heteroatoms. The van der Waals surface area contributed by atoms with Crippen LogP contribution in [0.2, 0.25) is 0 Å². The Morgan fingerprint density at radius 3 is 2.67 bits per heavy atom. The molecule has 15 heavy (non-hydrogen) atoms. The molecule has 1 aromatic rings. The molecular formula is C11H18N2O2. The zero-order valence-electron chi connectivity index (χ0n) is 9.36. The SMILES string of the molecule is Cc1ncn(CCCCCC(=O)O)c1C. The van der Waals surface area contributed by atoms with Gasteiger partial charge in [-0.15, -0.1) is 0 Å². The topological polar surface area (TPSA) is 55.1 Å². The molecule has 1 heterocycles. The highest BCUT2D eigenvalue weighted by Crippen LogP contribution is 2.07. The van der Waals surface area contributed by atoms with E-state index in [1.54, 1.807) is 0 Å². The smallest absolute Gasteiger partial charge is 0.303 e. The number of carbonyl (C=O) groups is 1. The van der Waals surface area contributed by atoms with Crippen LogP contribution in [-0.2, 0) is 11.3 Å². The minimum atomic E-state index is -0.704. The fourth-order valence-corrected chi connectivity index (χ4v) is 1.50. The maximum Gasteiger partial charge on any atom is 0.303 e. The van der Waals surface area contributed by atoms with Crippen LogP contribution in [-0.4, -0.2) is 20.6 Å². The van der Waals surface area contributed by atoms with Gasteiger partial charge in [-0.2, -0.15) is 0 Å². The van der Waals surface area contributed by atoms with E-state index in [4.69, 9.17) is 5.11 Å². The van der Waals surface area contributed by atoms with Gasteiger partial charge in [-0.1, -0.05) is 6.42 Å². The zero-order chi connectivity index (χ0) is 11.3. The lowest BCUT2D eigenvalue weighted by atomic mass is 10.2. The van der Waals surface area contributed by atoms with Crippen molar-refractivity contribution in [1.82, 2.24) is 9.55 Å². The number of aliphatic carboxylic acids is 1. The van der Waals surface area contributed by atoms with Crippen molar-refractivity contribution >= 4 is 5.97 Å². The summed E-state index contributed by atoms with van der Waals surface area (Å²) in [6.07, 6.45) is 4.87. The minimum absolute atomic E-state index is 0.280. The summed E-state index contributed by atoms with van der Waals surface area (Å²) >= 11 is 0. The molecule has 0 amide bonds. The Morgan fingerprint density at radius 2 is 2.13 bits per heavy atom. The number of hydrogen-bond donors (Lipinski definition) is 1. The minimum Gasteiger partial charge on any atom is -0.481 e. The van der Waals surface area contributed by atoms with Gasteiger partial charge in [0.15, 0.2) is 0 Å². The normalized spacial score (nSPS) is 10.5. The van der Waals surface area contributed by atoms with Crippen molar-refractivity contribution in [3.63, 3.8) is 0 Å². The van der Waals surface area contributed by atoms with E-state index in [-0.39, 0.29) is 6.42 Å². The highest BCUT2D eigenvalue weighted by Gasteiger charge is 2.01. The Morgan fingerprint density at radius 1 is 1.40 bits per heavy atom. The molecule has 0 atom stereocenters. The van der Waals surface area contributed by atoms with Crippen molar-refractivity contribution in [2.75, 3.05) is 0 Å². The lowest BCUT2D eigenvalue weighted by Crippen LogP contribution is -2.00. The van der Waals surface area contributed by atoms with E-state index in [0.717, 1.165) is 31.5 Å². The van der Waals surface area contributed by atoms with Crippen LogP contribution in [0.4, 0.5) is 0 Å². The molecule has 0 bridgehead atoms. The first kappa shape index (κ1) is 11.8. The maximum atomic E-state index is 10.3. The predicted octanol–water partition coefficient (Wildman–Crippen LogP) is 2.14. The molecule has 0 unspecified atom stereocenters. The molecule has 0 aliphatic rings. The van der Waals surface area contributed by atoms with Gasteiger partial charge >= 0.3 is 5.97 Å². The van der Waals surface area contributed by atoms with Crippen LogP contribution >= 0.6 is 0 Å². The lowest BCUT2D eigenvalue weighted by molar-refractivity contribution is -0.137. The number of carboxylic acid groups (broad SMARTS) is 1. The first-order valence-electron chi connectivity index (χ1n) is 5.31. The van der Waals surface area contributed by atoms with Crippen LogP contribution in [0.15, 0.2) is 6.33 Å². The van der Waals surface area contributed by atoms with Crippen molar-refractivity contribution in [3.8, 4) is 0 Å². The number of unbranched alkanes of at least 4 members (excludes halogenated alkanes) is 2. The standard InChI is InChI=1S/C11H18N2O2/c1-9-10(2)13(8-12-9)7-5-3-4-6-11(14)15/h8H,3-7H2,1-2H3,(H,14,15). The highest BCUT2D eigenvalue weighted by molar-refractivity contribution is 5.66. The van der Waals surface area contributed by atoms with Gasteiger partial charge in [-0.3, -0.25) is 4.79 Å². The summed E-state index contributed by atoms with van der Waals surface area (Å²) in [6.45, 7) is 4.99. The van der Waals surface area contributed by atoms with Crippen LogP contribution in [0.25, 0.3) is 0 Å². The monoisotopic (exact) mass is 210 g/mol. The average Bonchev–Trinajstić information content (AvgIpc) is 2.48. The van der Waals surface area contributed by atoms with Crippen LogP contribution in [0, 0.1) is 13.8 Å². The second-order valence-corrected chi connectivity index (χ2v) is 3.81. The van der Waals surface area contributed by atoms with E-state index < -0.39 is 5.97 Å². The Bertz CT molecular complexity index is 331. The number of aromatic nitrogens is 2. The summed E-state index contributed by atoms with van der Waals surface area (Å²) in [4.78, 5) is 14.5. The largest absolute Gasteiger partial charge is 0.481 e. The highest BCUT2D eigenvalue weighted by atomic mass is 16.4. The third-order valence-corrected chi connectivity index (χ3v) is 2.63. The number of rotatable bonds is 6. The van der Waals surface area contributed by atoms with Gasteiger partial charge < -0.3 is 9.67 Å². The number of nitrogens with zero attached hydrogens (tertiary/aromatic N) is 2. The van der Waals surface area contributed by atoms with E-state index in [9.17, 15) is 4.79 Å². The van der Waals surface area contributed by atoms with Crippen molar-refractivity contribution in [1.29, 1.82) is 0 Å². The van der Waals surface area contributed by atoms with Crippen LogP contribution < -0.4 is 0 Å². The van der Waals surface area contributed by atoms with Crippen LogP contribution in [0.5, 0.6) is 0 Å². The van der Waals surface area contributed by atoms with E-state index >= 15 is 0 Å². The van der Waals surface area contributed by atoms with Gasteiger partial charge in [0.2, 0.25) is 0 Å². The molecule has 0 fully saturated rings. The second-order valence-electron chi connectivity index (χ2n) is 3.81. The average molecular weight is 210 g/mol. The molecule has 84 valence electrons. The fourth-order valence-electron chi connectivity index (χ4n) is 1.50. The summed E-state index contributed by atoms with van der Waals surface area (Å²) in [5, 5.41) is 8.46. The molecule has 0 saturated heterocycles. The first-order chi connectivity index (χ1) is 7.11. The van der Waals surface area contributed by atoms with Crippen LogP contribution in [0.1, 0.15) is 37.1 Å². The van der Waals surface area contributed by atoms with E-state index in [1.165, 1.54) is 5.69 Å². The number of carboxylic acids is 1. The quantitative estimate of drug-likeness (QED) is 0.732. The van der Waals surface area contributed by atoms with Crippen LogP contribution in [0.3, 0.4) is 0 Å². The van der Waals surface area contributed by atoms with Gasteiger partial charge in [0, 0.05) is 18.7 Å². The molecule has 0 spiro atoms. The van der Waals surface area contributed by atoms with Crippen molar-refractivity contribution in [2.24, 2.45) is 0 Å². The van der Waals surface area contributed by atoms with Gasteiger partial charge in [0.1, 0.15) is 0 Å². The van der Waals surface area contributed by atoms with E-state index in [2.05, 4.69) is 16.5 Å². The molecule has 1 N–H and O–H groups in total. The van der Waals surface area contributed by atoms with Gasteiger partial charge in [0.05, 0.1) is 12.0 Å². The fraction of sp³-hybridized carbons (Fsp3) is 0.636. The third kappa shape index (κ3) is 3.73. The Labute approximate surface area is 89.9 Å². The van der Waals surface area contributed by atoms with Crippen molar-refractivity contribution in [2.45, 2.75) is 46.1 Å². The number of aryl methyl sites for hydroxylation is 2. The number of hydrogen-bond acceptors (Lipinski definition) is 2. The maximum absolute atomic E-state index is 10.3. The molecule has 0 aliphatic carbocycles. The predicted molar refractivity (Wildman–Crippen MR) is 57.8 cm³/mol. The molecular weight excluding hydrogens is 192 g/mol. The zero-order valence-corrected chi connectivity index (χ0v) is 9.36. The van der Waals surface area contributed by atoms with Gasteiger partial charge in [0.25, 0.3) is 0 Å². The van der Waals surface area contributed by atoms with Crippen molar-refractivity contribution in [3.05, 3.63) is 17.7 Å². The van der Waals surface area contributed by atoms with E-state index in [1.807, 2.05) is 13.3 Å². The summed E-state index contributed by atoms with van der Waals surface area (Å²) in [6, 6.07) is 0. The summed E-state index contributed by atoms with van der Waals surface area (Å²) in [5.41, 5.74) is 2.27. The Balaban J connectivity index is 2.20. The van der Waals surface area contributed by atoms with Gasteiger partial charge in [-0.25, -0.2) is 4.98 Å². The molecule has 1 aromatic heterocycles. The summed E-state index contributed by atoms with van der Waals surface area (Å²) in [7, 11) is 0. The Kier molecular flexibility index (Phi) is 4.34. The number of imidazole rings is 1. The first-order valence-corrected chi connectivity index (χ1v) is 5.31. The molecule has 0 saturated carbocycles. The molecule has 4 nitrogen and oxygen atoms in total. The van der Waals surface area contributed by atoms with E-state index in [0.29, 0.717) is 0 Å². The summed E-state index contributed by atoms with van der Waals surface area (Å²) < 4.78 is 2.12. The Hall–Kier alpha value is -1.32.